The Morgan fingerprint density at radius 1 is 0.788 bits per heavy atom. The molecule has 3 heterocycles. The van der Waals surface area contributed by atoms with Crippen molar-refractivity contribution in [2.45, 2.75) is 13.1 Å². The number of benzene rings is 2. The van der Waals surface area contributed by atoms with Gasteiger partial charge >= 0.3 is 5.97 Å². The van der Waals surface area contributed by atoms with Gasteiger partial charge in [0.2, 0.25) is 0 Å². The lowest BCUT2D eigenvalue weighted by molar-refractivity contribution is -0.131. The molecule has 162 valence electrons. The Hall–Kier alpha value is -4.59. The molecule has 8 nitrogen and oxygen atoms in total. The maximum atomic E-state index is 12.6. The number of aliphatic carboxylic acids is 1. The first-order valence-corrected chi connectivity index (χ1v) is 10.2. The van der Waals surface area contributed by atoms with Gasteiger partial charge in [-0.2, -0.15) is 0 Å². The summed E-state index contributed by atoms with van der Waals surface area (Å²) in [6.45, 7) is 0.318. The van der Waals surface area contributed by atoms with E-state index in [-0.39, 0.29) is 30.5 Å². The number of pyridine rings is 1. The zero-order chi connectivity index (χ0) is 23.1. The highest BCUT2D eigenvalue weighted by Gasteiger charge is 2.35. The minimum Gasteiger partial charge on any atom is -0.475 e. The van der Waals surface area contributed by atoms with E-state index < -0.39 is 11.8 Å². The van der Waals surface area contributed by atoms with E-state index in [1.807, 2.05) is 0 Å². The summed E-state index contributed by atoms with van der Waals surface area (Å²) in [6, 6.07) is 19.1. The van der Waals surface area contributed by atoms with E-state index in [0.29, 0.717) is 33.4 Å². The second kappa shape index (κ2) is 7.83. The van der Waals surface area contributed by atoms with Crippen LogP contribution < -0.4 is 0 Å². The smallest absolute Gasteiger partial charge is 0.377 e. The molecule has 1 aliphatic heterocycles. The molecule has 0 bridgehead atoms. The number of para-hydroxylation sites is 1. The van der Waals surface area contributed by atoms with E-state index in [4.69, 9.17) is 5.11 Å². The summed E-state index contributed by atoms with van der Waals surface area (Å²) in [5, 5.41) is 9.69. The van der Waals surface area contributed by atoms with Crippen molar-refractivity contribution in [2.24, 2.45) is 0 Å². The average molecular weight is 439 g/mol. The number of aromatic nitrogens is 2. The van der Waals surface area contributed by atoms with Gasteiger partial charge in [-0.1, -0.05) is 36.4 Å². The Morgan fingerprint density at radius 3 is 2.06 bits per heavy atom. The van der Waals surface area contributed by atoms with Crippen LogP contribution in [0.1, 0.15) is 42.5 Å². The fraction of sp³-hybridized carbons (Fsp3) is 0.0800. The van der Waals surface area contributed by atoms with Crippen LogP contribution in [-0.2, 0) is 17.9 Å². The number of Topliss-reactive ketones (excluding diaryl/α,β-unsaturated/α-hetero) is 1. The molecule has 5 rings (SSSR count). The van der Waals surface area contributed by atoms with Crippen LogP contribution in [0.4, 0.5) is 0 Å². The normalized spacial score (nSPS) is 12.9. The highest BCUT2D eigenvalue weighted by Crippen LogP contribution is 2.25. The molecule has 0 radical (unpaired) electrons. The number of carbonyl (C=O) groups excluding carboxylic acids is 3. The van der Waals surface area contributed by atoms with E-state index in [9.17, 15) is 19.2 Å². The summed E-state index contributed by atoms with van der Waals surface area (Å²) in [4.78, 5) is 54.4. The minimum atomic E-state index is -1.51. The summed E-state index contributed by atoms with van der Waals surface area (Å²) in [6.07, 6.45) is 1.51. The van der Waals surface area contributed by atoms with Gasteiger partial charge in [-0.3, -0.25) is 24.3 Å². The van der Waals surface area contributed by atoms with Crippen molar-refractivity contribution in [3.8, 4) is 0 Å². The number of imide groups is 1. The molecule has 0 saturated heterocycles. The highest BCUT2D eigenvalue weighted by molar-refractivity contribution is 6.42. The van der Waals surface area contributed by atoms with E-state index in [1.54, 1.807) is 71.3 Å². The Balaban J connectivity index is 1.43. The summed E-state index contributed by atoms with van der Waals surface area (Å²) in [7, 11) is 0. The van der Waals surface area contributed by atoms with Crippen LogP contribution >= 0.6 is 0 Å². The molecule has 8 heteroatoms. The van der Waals surface area contributed by atoms with Gasteiger partial charge in [-0.05, 0) is 30.3 Å². The van der Waals surface area contributed by atoms with Gasteiger partial charge in [0.1, 0.15) is 0 Å². The first-order chi connectivity index (χ1) is 15.9. The lowest BCUT2D eigenvalue weighted by atomic mass is 10.1. The summed E-state index contributed by atoms with van der Waals surface area (Å²) in [5.74, 6) is -3.19. The number of rotatable bonds is 6. The molecule has 2 aromatic heterocycles. The number of nitrogens with zero attached hydrogens (tertiary/aromatic N) is 3. The van der Waals surface area contributed by atoms with E-state index in [0.717, 1.165) is 0 Å². The van der Waals surface area contributed by atoms with Crippen LogP contribution in [0.25, 0.3) is 10.9 Å². The number of fused-ring (bicyclic) bond motifs is 2. The average Bonchev–Trinajstić information content (AvgIpc) is 3.30. The van der Waals surface area contributed by atoms with Crippen molar-refractivity contribution < 1.29 is 24.3 Å². The fourth-order valence-corrected chi connectivity index (χ4v) is 4.10. The molecule has 2 aromatic carbocycles. The lowest BCUT2D eigenvalue weighted by Gasteiger charge is -2.14. The standard InChI is InChI=1S/C25H17N3O5/c29-22(25(32)33)20-14-27(21-11-4-3-8-17(20)21)12-15-6-5-7-16(26-15)13-28-23(30)18-9-1-2-10-19(18)24(28)31/h1-11,14H,12-13H2,(H,32,33). The number of hydrogen-bond acceptors (Lipinski definition) is 5. The molecule has 0 aliphatic carbocycles. The Kier molecular flexibility index (Phi) is 4.82. The first kappa shape index (κ1) is 20.3. The van der Waals surface area contributed by atoms with Gasteiger partial charge in [-0.15, -0.1) is 0 Å². The van der Waals surface area contributed by atoms with E-state index in [2.05, 4.69) is 4.98 Å². The molecule has 1 N–H and O–H groups in total. The van der Waals surface area contributed by atoms with Crippen LogP contribution in [0.2, 0.25) is 0 Å². The minimum absolute atomic E-state index is 0.0371. The molecule has 0 atom stereocenters. The first-order valence-electron chi connectivity index (χ1n) is 10.2. The number of carbonyl (C=O) groups is 4. The Bertz CT molecular complexity index is 1430. The second-order valence-corrected chi connectivity index (χ2v) is 7.68. The van der Waals surface area contributed by atoms with Crippen molar-refractivity contribution in [1.82, 2.24) is 14.5 Å². The molecule has 0 unspecified atom stereocenters. The molecule has 4 aromatic rings. The third-order valence-electron chi connectivity index (χ3n) is 5.62. The van der Waals surface area contributed by atoms with Crippen molar-refractivity contribution in [3.05, 3.63) is 101 Å². The van der Waals surface area contributed by atoms with Gasteiger partial charge in [0.15, 0.2) is 0 Å². The quantitative estimate of drug-likeness (QED) is 0.281. The molecule has 0 fully saturated rings. The van der Waals surface area contributed by atoms with Crippen molar-refractivity contribution in [1.29, 1.82) is 0 Å². The second-order valence-electron chi connectivity index (χ2n) is 7.68. The van der Waals surface area contributed by atoms with Crippen LogP contribution in [0, 0.1) is 0 Å². The van der Waals surface area contributed by atoms with Crippen LogP contribution in [0.5, 0.6) is 0 Å². The number of amides is 2. The maximum Gasteiger partial charge on any atom is 0.377 e. The number of hydrogen-bond donors (Lipinski definition) is 1. The lowest BCUT2D eigenvalue weighted by Crippen LogP contribution is -2.29. The molecule has 1 aliphatic rings. The van der Waals surface area contributed by atoms with Gasteiger partial charge in [0.25, 0.3) is 17.6 Å². The van der Waals surface area contributed by atoms with E-state index >= 15 is 0 Å². The Morgan fingerprint density at radius 2 is 1.39 bits per heavy atom. The molecular weight excluding hydrogens is 422 g/mol. The van der Waals surface area contributed by atoms with Gasteiger partial charge in [0.05, 0.1) is 41.2 Å². The van der Waals surface area contributed by atoms with Gasteiger partial charge in [0, 0.05) is 17.1 Å². The van der Waals surface area contributed by atoms with Crippen LogP contribution in [0.15, 0.2) is 72.9 Å². The fourth-order valence-electron chi connectivity index (χ4n) is 4.10. The molecule has 33 heavy (non-hydrogen) atoms. The molecule has 0 saturated carbocycles. The summed E-state index contributed by atoms with van der Waals surface area (Å²) < 4.78 is 1.76. The van der Waals surface area contributed by atoms with Crippen LogP contribution in [0.3, 0.4) is 0 Å². The zero-order valence-corrected chi connectivity index (χ0v) is 17.3. The summed E-state index contributed by atoms with van der Waals surface area (Å²) in [5.41, 5.74) is 2.76. The van der Waals surface area contributed by atoms with Gasteiger partial charge < -0.3 is 9.67 Å². The van der Waals surface area contributed by atoms with Gasteiger partial charge in [-0.25, -0.2) is 4.79 Å². The predicted molar refractivity (Wildman–Crippen MR) is 118 cm³/mol. The SMILES string of the molecule is O=C(O)C(=O)c1cn(Cc2cccc(CN3C(=O)c4ccccc4C3=O)n2)c2ccccc12. The zero-order valence-electron chi connectivity index (χ0n) is 17.3. The third kappa shape index (κ3) is 3.47. The third-order valence-corrected chi connectivity index (χ3v) is 5.62. The van der Waals surface area contributed by atoms with Crippen molar-refractivity contribution in [3.63, 3.8) is 0 Å². The van der Waals surface area contributed by atoms with Crippen LogP contribution in [-0.4, -0.2) is 43.1 Å². The maximum absolute atomic E-state index is 12.6. The predicted octanol–water partition coefficient (Wildman–Crippen LogP) is 3.15. The van der Waals surface area contributed by atoms with E-state index in [1.165, 1.54) is 11.1 Å². The van der Waals surface area contributed by atoms with Crippen molar-refractivity contribution in [2.75, 3.05) is 0 Å². The molecule has 0 spiro atoms. The van der Waals surface area contributed by atoms with Crippen molar-refractivity contribution >= 4 is 34.5 Å². The number of carboxylic acids is 1. The molecular formula is C25H17N3O5. The molecule has 2 amide bonds. The number of carboxylic acid groups (broad SMARTS) is 1. The summed E-state index contributed by atoms with van der Waals surface area (Å²) >= 11 is 0. The highest BCUT2D eigenvalue weighted by atomic mass is 16.4. The topological polar surface area (TPSA) is 110 Å². The Labute approximate surface area is 187 Å². The number of ketones is 1. The monoisotopic (exact) mass is 439 g/mol. The largest absolute Gasteiger partial charge is 0.475 e.